The predicted octanol–water partition coefficient (Wildman–Crippen LogP) is 1.36. The van der Waals surface area contributed by atoms with Gasteiger partial charge in [-0.3, -0.25) is 4.79 Å². The summed E-state index contributed by atoms with van der Waals surface area (Å²) in [7, 11) is -3.03. The number of sulfone groups is 1. The summed E-state index contributed by atoms with van der Waals surface area (Å²) in [6.07, 6.45) is 2.87. The zero-order chi connectivity index (χ0) is 18.0. The van der Waals surface area contributed by atoms with Crippen LogP contribution < -0.4 is 4.90 Å². The highest BCUT2D eigenvalue weighted by molar-refractivity contribution is 7.91. The lowest BCUT2D eigenvalue weighted by atomic mass is 10.0. The van der Waals surface area contributed by atoms with Crippen LogP contribution in [0.2, 0.25) is 0 Å². The Kier molecular flexibility index (Phi) is 5.27. The molecule has 2 atom stereocenters. The molecule has 0 spiro atoms. The van der Waals surface area contributed by atoms with Crippen molar-refractivity contribution in [2.75, 3.05) is 36.0 Å². The number of carbonyl (C=O) groups excluding carboxylic acids is 1. The number of piperidine rings is 1. The van der Waals surface area contributed by atoms with E-state index >= 15 is 0 Å². The summed E-state index contributed by atoms with van der Waals surface area (Å²) in [6, 6.07) is 3.29. The average Bonchev–Trinajstić information content (AvgIpc) is 2.95. The molecule has 25 heavy (non-hydrogen) atoms. The fourth-order valence-electron chi connectivity index (χ4n) is 3.74. The van der Waals surface area contributed by atoms with Crippen molar-refractivity contribution < 1.29 is 13.2 Å². The minimum atomic E-state index is -3.03. The molecule has 1 amide bonds. The Balaban J connectivity index is 1.71. The van der Waals surface area contributed by atoms with Crippen LogP contribution in [0.15, 0.2) is 12.1 Å². The highest BCUT2D eigenvalue weighted by Crippen LogP contribution is 2.22. The number of carbonyl (C=O) groups is 1. The van der Waals surface area contributed by atoms with Crippen LogP contribution in [0, 0.1) is 5.92 Å². The van der Waals surface area contributed by atoms with E-state index < -0.39 is 9.84 Å². The lowest BCUT2D eigenvalue weighted by molar-refractivity contribution is 0.0701. The quantitative estimate of drug-likeness (QED) is 0.800. The number of amides is 1. The van der Waals surface area contributed by atoms with E-state index in [1.165, 1.54) is 6.42 Å². The molecule has 8 heteroatoms. The van der Waals surface area contributed by atoms with Crippen molar-refractivity contribution in [1.82, 2.24) is 15.1 Å². The molecule has 2 aliphatic heterocycles. The maximum Gasteiger partial charge on any atom is 0.274 e. The van der Waals surface area contributed by atoms with Gasteiger partial charge in [0.25, 0.3) is 5.91 Å². The van der Waals surface area contributed by atoms with E-state index in [0.29, 0.717) is 18.9 Å². The minimum Gasteiger partial charge on any atom is -0.355 e. The molecule has 0 radical (unpaired) electrons. The first-order valence-electron chi connectivity index (χ1n) is 8.99. The summed E-state index contributed by atoms with van der Waals surface area (Å²) in [5.41, 5.74) is 0.278. The largest absolute Gasteiger partial charge is 0.355 e. The van der Waals surface area contributed by atoms with E-state index in [1.807, 2.05) is 13.0 Å². The van der Waals surface area contributed by atoms with E-state index in [-0.39, 0.29) is 29.1 Å². The first kappa shape index (κ1) is 18.1. The van der Waals surface area contributed by atoms with E-state index in [0.717, 1.165) is 25.3 Å². The van der Waals surface area contributed by atoms with Gasteiger partial charge in [-0.25, -0.2) is 8.42 Å². The Bertz CT molecular complexity index is 720. The Morgan fingerprint density at radius 2 is 2.12 bits per heavy atom. The summed E-state index contributed by atoms with van der Waals surface area (Å²) in [5.74, 6) is 1.39. The van der Waals surface area contributed by atoms with Gasteiger partial charge in [-0.05, 0) is 44.2 Å². The summed E-state index contributed by atoms with van der Waals surface area (Å²) in [4.78, 5) is 16.5. The summed E-state index contributed by atoms with van der Waals surface area (Å²) in [6.45, 7) is 6.48. The fourth-order valence-corrected chi connectivity index (χ4v) is 5.47. The van der Waals surface area contributed by atoms with Crippen LogP contribution in [-0.4, -0.2) is 66.6 Å². The van der Waals surface area contributed by atoms with Crippen molar-refractivity contribution in [3.8, 4) is 0 Å². The third-order valence-electron chi connectivity index (χ3n) is 5.10. The molecule has 1 aromatic heterocycles. The van der Waals surface area contributed by atoms with Gasteiger partial charge in [0.15, 0.2) is 21.3 Å². The van der Waals surface area contributed by atoms with Gasteiger partial charge in [0.1, 0.15) is 0 Å². The number of anilines is 1. The number of hydrogen-bond donors (Lipinski definition) is 0. The lowest BCUT2D eigenvalue weighted by Crippen LogP contribution is -2.41. The topological polar surface area (TPSA) is 83.5 Å². The van der Waals surface area contributed by atoms with Gasteiger partial charge >= 0.3 is 0 Å². The molecule has 7 nitrogen and oxygen atoms in total. The summed E-state index contributed by atoms with van der Waals surface area (Å²) < 4.78 is 23.4. The summed E-state index contributed by atoms with van der Waals surface area (Å²) >= 11 is 0. The first-order chi connectivity index (χ1) is 11.9. The van der Waals surface area contributed by atoms with Crippen molar-refractivity contribution in [3.05, 3.63) is 17.8 Å². The molecular weight excluding hydrogens is 340 g/mol. The molecule has 2 aliphatic rings. The highest BCUT2D eigenvalue weighted by Gasteiger charge is 2.34. The third-order valence-corrected chi connectivity index (χ3v) is 6.85. The Morgan fingerprint density at radius 3 is 2.68 bits per heavy atom. The van der Waals surface area contributed by atoms with Crippen molar-refractivity contribution in [2.45, 2.75) is 39.2 Å². The zero-order valence-corrected chi connectivity index (χ0v) is 15.7. The molecule has 3 rings (SSSR count). The zero-order valence-electron chi connectivity index (χ0n) is 14.9. The Hall–Kier alpha value is -1.70. The molecule has 2 unspecified atom stereocenters. The Labute approximate surface area is 149 Å². The maximum atomic E-state index is 12.7. The third kappa shape index (κ3) is 4.11. The number of rotatable bonds is 4. The van der Waals surface area contributed by atoms with E-state index in [1.54, 1.807) is 11.0 Å². The smallest absolute Gasteiger partial charge is 0.274 e. The molecule has 0 aromatic carbocycles. The lowest BCUT2D eigenvalue weighted by Gasteiger charge is -2.31. The van der Waals surface area contributed by atoms with Gasteiger partial charge in [-0.1, -0.05) is 6.92 Å². The van der Waals surface area contributed by atoms with Crippen LogP contribution in [-0.2, 0) is 9.84 Å². The van der Waals surface area contributed by atoms with Crippen LogP contribution in [0.3, 0.4) is 0 Å². The van der Waals surface area contributed by atoms with Gasteiger partial charge in [0.2, 0.25) is 0 Å². The fraction of sp³-hybridized carbons (Fsp3) is 0.706. The van der Waals surface area contributed by atoms with Gasteiger partial charge in [-0.2, -0.15) is 0 Å². The second-order valence-electron chi connectivity index (χ2n) is 7.12. The van der Waals surface area contributed by atoms with E-state index in [2.05, 4.69) is 22.0 Å². The molecule has 138 valence electrons. The number of aromatic nitrogens is 2. The number of nitrogens with zero attached hydrogens (tertiary/aromatic N) is 4. The molecule has 1 aromatic rings. The molecule has 0 saturated carbocycles. The molecular formula is C17H26N4O3S. The molecule has 0 aliphatic carbocycles. The highest BCUT2D eigenvalue weighted by atomic mass is 32.2. The maximum absolute atomic E-state index is 12.7. The van der Waals surface area contributed by atoms with Crippen LogP contribution in [0.1, 0.15) is 43.6 Å². The summed E-state index contributed by atoms with van der Waals surface area (Å²) in [5, 5.41) is 8.36. The molecule has 2 fully saturated rings. The molecule has 3 heterocycles. The van der Waals surface area contributed by atoms with Crippen molar-refractivity contribution in [2.24, 2.45) is 5.92 Å². The molecule has 0 N–H and O–H groups in total. The molecule has 2 saturated heterocycles. The van der Waals surface area contributed by atoms with Gasteiger partial charge in [0.05, 0.1) is 11.5 Å². The van der Waals surface area contributed by atoms with Crippen molar-refractivity contribution in [3.63, 3.8) is 0 Å². The second kappa shape index (κ2) is 7.27. The normalized spacial score (nSPS) is 25.8. The van der Waals surface area contributed by atoms with Crippen LogP contribution in [0.5, 0.6) is 0 Å². The molecule has 0 bridgehead atoms. The van der Waals surface area contributed by atoms with E-state index in [9.17, 15) is 13.2 Å². The number of hydrogen-bond acceptors (Lipinski definition) is 6. The minimum absolute atomic E-state index is 0.0454. The van der Waals surface area contributed by atoms with Crippen LogP contribution in [0.4, 0.5) is 5.82 Å². The van der Waals surface area contributed by atoms with Crippen molar-refractivity contribution in [1.29, 1.82) is 0 Å². The van der Waals surface area contributed by atoms with Gasteiger partial charge in [0, 0.05) is 25.7 Å². The predicted molar refractivity (Wildman–Crippen MR) is 96.4 cm³/mol. The monoisotopic (exact) mass is 366 g/mol. The van der Waals surface area contributed by atoms with Crippen molar-refractivity contribution >= 4 is 21.6 Å². The first-order valence-corrected chi connectivity index (χ1v) is 10.8. The standard InChI is InChI=1S/C17H26N4O3S/c1-3-21(14-8-10-25(23,24)12-14)17(22)15-6-7-16(19-18-15)20-9-4-5-13(2)11-20/h6-7,13-14H,3-5,8-12H2,1-2H3. The SMILES string of the molecule is CCN(C(=O)c1ccc(N2CCCC(C)C2)nn1)C1CCS(=O)(=O)C1. The van der Waals surface area contributed by atoms with Crippen LogP contribution in [0.25, 0.3) is 0 Å². The van der Waals surface area contributed by atoms with Crippen LogP contribution >= 0.6 is 0 Å². The second-order valence-corrected chi connectivity index (χ2v) is 9.35. The van der Waals surface area contributed by atoms with E-state index in [4.69, 9.17) is 0 Å². The Morgan fingerprint density at radius 1 is 1.32 bits per heavy atom. The average molecular weight is 366 g/mol. The van der Waals surface area contributed by atoms with Gasteiger partial charge in [-0.15, -0.1) is 10.2 Å². The van der Waals surface area contributed by atoms with Gasteiger partial charge < -0.3 is 9.80 Å².